The van der Waals surface area contributed by atoms with Crippen molar-refractivity contribution >= 4 is 27.1 Å². The van der Waals surface area contributed by atoms with Crippen LogP contribution in [0.2, 0.25) is 0 Å². The quantitative estimate of drug-likeness (QED) is 0.147. The van der Waals surface area contributed by atoms with Gasteiger partial charge in [-0.2, -0.15) is 4.31 Å². The van der Waals surface area contributed by atoms with E-state index in [0.717, 1.165) is 4.57 Å². The Morgan fingerprint density at radius 2 is 1.77 bits per heavy atom. The summed E-state index contributed by atoms with van der Waals surface area (Å²) < 4.78 is 34.2. The summed E-state index contributed by atoms with van der Waals surface area (Å²) in [6.45, 7) is -0.948. The number of amides is 1. The number of sulfonamides is 1. The number of carbonyl (C=O) groups excluding carboxylic acids is 1. The van der Waals surface area contributed by atoms with E-state index in [2.05, 4.69) is 20.9 Å². The number of terminal acetylenes is 1. The largest absolute Gasteiger partial charge is 0.457 e. The lowest BCUT2D eigenvalue weighted by Crippen LogP contribution is -2.50. The molecule has 0 aliphatic heterocycles. The number of aromatic amines is 1. The van der Waals surface area contributed by atoms with Crippen LogP contribution in [0.3, 0.4) is 0 Å². The van der Waals surface area contributed by atoms with Gasteiger partial charge in [-0.05, 0) is 42.8 Å². The van der Waals surface area contributed by atoms with Crippen molar-refractivity contribution in [2.45, 2.75) is 23.9 Å². The van der Waals surface area contributed by atoms with E-state index in [1.54, 1.807) is 24.3 Å². The normalized spacial score (nSPS) is 12.1. The molecule has 39 heavy (non-hydrogen) atoms. The van der Waals surface area contributed by atoms with Crippen LogP contribution in [-0.2, 0) is 21.4 Å². The van der Waals surface area contributed by atoms with Crippen molar-refractivity contribution in [2.24, 2.45) is 0 Å². The molecule has 4 aromatic rings. The van der Waals surface area contributed by atoms with Crippen LogP contribution in [0.25, 0.3) is 11.2 Å². The number of hydrogen-bond donors (Lipinski definition) is 3. The lowest BCUT2D eigenvalue weighted by molar-refractivity contribution is -0.133. The third kappa shape index (κ3) is 5.85. The predicted molar refractivity (Wildman–Crippen MR) is 138 cm³/mol. The highest BCUT2D eigenvalue weighted by atomic mass is 32.2. The maximum atomic E-state index is 13.5. The first-order valence-electron chi connectivity index (χ1n) is 11.4. The lowest BCUT2D eigenvalue weighted by atomic mass is 10.2. The van der Waals surface area contributed by atoms with Crippen LogP contribution in [-0.4, -0.2) is 55.9 Å². The third-order valence-electron chi connectivity index (χ3n) is 5.66. The van der Waals surface area contributed by atoms with Gasteiger partial charge in [0.25, 0.3) is 11.5 Å². The number of H-pyrrole nitrogens is 1. The van der Waals surface area contributed by atoms with Crippen LogP contribution >= 0.6 is 0 Å². The molecule has 0 spiro atoms. The Hall–Kier alpha value is -4.84. The molecular weight excluding hydrogens is 528 g/mol. The molecule has 0 aliphatic carbocycles. The zero-order valence-corrected chi connectivity index (χ0v) is 21.0. The first kappa shape index (κ1) is 27.2. The Kier molecular flexibility index (Phi) is 8.15. The molecule has 0 bridgehead atoms. The molecule has 2 heterocycles. The first-order chi connectivity index (χ1) is 18.8. The second-order valence-electron chi connectivity index (χ2n) is 8.06. The fourth-order valence-corrected chi connectivity index (χ4v) is 5.33. The minimum Gasteiger partial charge on any atom is -0.457 e. The molecular formula is C25H22N6O7S. The summed E-state index contributed by atoms with van der Waals surface area (Å²) in [4.78, 5) is 47.9. The number of rotatable bonds is 10. The van der Waals surface area contributed by atoms with Crippen molar-refractivity contribution in [2.75, 3.05) is 6.54 Å². The van der Waals surface area contributed by atoms with Gasteiger partial charge in [-0.25, -0.2) is 28.7 Å². The molecule has 1 unspecified atom stereocenters. The van der Waals surface area contributed by atoms with Gasteiger partial charge in [0.05, 0.1) is 11.4 Å². The molecule has 3 N–H and O–H groups in total. The van der Waals surface area contributed by atoms with Gasteiger partial charge in [-0.1, -0.05) is 24.1 Å². The smallest absolute Gasteiger partial charge is 0.330 e. The molecule has 2 aromatic heterocycles. The van der Waals surface area contributed by atoms with E-state index < -0.39 is 52.7 Å². The van der Waals surface area contributed by atoms with Crippen LogP contribution in [0.4, 0.5) is 0 Å². The number of carbonyl (C=O) groups is 1. The van der Waals surface area contributed by atoms with Gasteiger partial charge in [0.2, 0.25) is 10.0 Å². The topological polar surface area (TPSA) is 177 Å². The Balaban J connectivity index is 1.63. The summed E-state index contributed by atoms with van der Waals surface area (Å²) >= 11 is 0. The summed E-state index contributed by atoms with van der Waals surface area (Å²) in [6.07, 6.45) is 7.59. The van der Waals surface area contributed by atoms with E-state index in [1.807, 2.05) is 6.07 Å². The second kappa shape index (κ2) is 11.7. The van der Waals surface area contributed by atoms with E-state index in [9.17, 15) is 28.0 Å². The Labute approximate surface area is 221 Å². The number of hydrogen-bond acceptors (Lipinski definition) is 9. The summed E-state index contributed by atoms with van der Waals surface area (Å²) in [5.41, 5.74) is -0.336. The van der Waals surface area contributed by atoms with Gasteiger partial charge in [-0.3, -0.25) is 24.3 Å². The number of ether oxygens (including phenoxy) is 1. The fraction of sp³-hybridized carbons (Fsp3) is 0.160. The van der Waals surface area contributed by atoms with Crippen LogP contribution in [0, 0.1) is 12.3 Å². The van der Waals surface area contributed by atoms with Crippen molar-refractivity contribution in [3.05, 3.63) is 87.8 Å². The van der Waals surface area contributed by atoms with Crippen molar-refractivity contribution in [3.63, 3.8) is 0 Å². The summed E-state index contributed by atoms with van der Waals surface area (Å²) in [5.74, 6) is 2.00. The van der Waals surface area contributed by atoms with E-state index in [1.165, 1.54) is 42.1 Å². The zero-order valence-electron chi connectivity index (χ0n) is 20.2. The predicted octanol–water partition coefficient (Wildman–Crippen LogP) is 0.860. The van der Waals surface area contributed by atoms with Gasteiger partial charge >= 0.3 is 5.69 Å². The van der Waals surface area contributed by atoms with E-state index in [0.29, 0.717) is 15.8 Å². The number of fused-ring (bicyclic) bond motifs is 1. The molecule has 2 aromatic carbocycles. The number of hydroxylamine groups is 1. The average Bonchev–Trinajstić information content (AvgIpc) is 2.94. The number of benzene rings is 2. The maximum absolute atomic E-state index is 13.5. The van der Waals surface area contributed by atoms with E-state index in [-0.39, 0.29) is 16.1 Å². The minimum atomic E-state index is -4.40. The standard InChI is InChI=1S/C25H22N6O7S/c1-2-15-31(39(36,37)19-10-8-18(9-11-19)38-17-6-4-3-5-7-17)20(23(32)29-35)12-16-30-24(33)21-22(28-25(30)34)27-14-13-26-21/h1,3-11,13-14,20,35H,12,15-16H2,(H,29,32)(H,27,28,34). The maximum Gasteiger partial charge on any atom is 0.330 e. The summed E-state index contributed by atoms with van der Waals surface area (Å²) in [7, 11) is -4.40. The van der Waals surface area contributed by atoms with Gasteiger partial charge in [-0.15, -0.1) is 6.42 Å². The average molecular weight is 551 g/mol. The number of nitrogens with zero attached hydrogens (tertiary/aromatic N) is 4. The minimum absolute atomic E-state index is 0.0235. The Bertz CT molecular complexity index is 1750. The first-order valence-corrected chi connectivity index (χ1v) is 12.9. The van der Waals surface area contributed by atoms with Crippen molar-refractivity contribution in [1.29, 1.82) is 0 Å². The molecule has 13 nitrogen and oxygen atoms in total. The molecule has 0 saturated heterocycles. The van der Waals surface area contributed by atoms with Crippen molar-refractivity contribution < 1.29 is 23.2 Å². The van der Waals surface area contributed by atoms with Crippen LogP contribution in [0.15, 0.2) is 81.5 Å². The lowest BCUT2D eigenvalue weighted by Gasteiger charge is -2.28. The van der Waals surface area contributed by atoms with Crippen LogP contribution in [0.5, 0.6) is 11.5 Å². The van der Waals surface area contributed by atoms with E-state index in [4.69, 9.17) is 11.2 Å². The second-order valence-corrected chi connectivity index (χ2v) is 9.95. The fourth-order valence-electron chi connectivity index (χ4n) is 3.80. The molecule has 1 atom stereocenters. The van der Waals surface area contributed by atoms with Crippen molar-refractivity contribution in [3.8, 4) is 23.8 Å². The van der Waals surface area contributed by atoms with Gasteiger partial charge in [0.15, 0.2) is 11.2 Å². The third-order valence-corrected chi connectivity index (χ3v) is 7.53. The molecule has 0 saturated carbocycles. The van der Waals surface area contributed by atoms with Gasteiger partial charge < -0.3 is 4.74 Å². The molecule has 4 rings (SSSR count). The van der Waals surface area contributed by atoms with Gasteiger partial charge in [0, 0.05) is 18.9 Å². The summed E-state index contributed by atoms with van der Waals surface area (Å²) in [6, 6.07) is 12.7. The number of aromatic nitrogens is 4. The van der Waals surface area contributed by atoms with E-state index >= 15 is 0 Å². The highest BCUT2D eigenvalue weighted by Gasteiger charge is 2.35. The molecule has 0 fully saturated rings. The number of para-hydroxylation sites is 1. The molecule has 14 heteroatoms. The molecule has 1 amide bonds. The molecule has 0 radical (unpaired) electrons. The van der Waals surface area contributed by atoms with Crippen LogP contribution in [0.1, 0.15) is 6.42 Å². The highest BCUT2D eigenvalue weighted by molar-refractivity contribution is 7.89. The number of nitrogens with one attached hydrogen (secondary N) is 2. The molecule has 0 aliphatic rings. The Morgan fingerprint density at radius 3 is 2.44 bits per heavy atom. The highest BCUT2D eigenvalue weighted by Crippen LogP contribution is 2.25. The van der Waals surface area contributed by atoms with Crippen molar-refractivity contribution in [1.82, 2.24) is 29.3 Å². The summed E-state index contributed by atoms with van der Waals surface area (Å²) in [5, 5.41) is 9.34. The molecule has 200 valence electrons. The zero-order chi connectivity index (χ0) is 28.0. The Morgan fingerprint density at radius 1 is 1.10 bits per heavy atom. The SMILES string of the molecule is C#CCN(C(CCn1c(=O)[nH]c2nccnc2c1=O)C(=O)NO)S(=O)(=O)c1ccc(Oc2ccccc2)cc1. The van der Waals surface area contributed by atoms with Gasteiger partial charge in [0.1, 0.15) is 17.5 Å². The van der Waals surface area contributed by atoms with Crippen LogP contribution < -0.4 is 21.5 Å². The monoisotopic (exact) mass is 550 g/mol.